The lowest BCUT2D eigenvalue weighted by Gasteiger charge is -2.01. The van der Waals surface area contributed by atoms with Crippen molar-refractivity contribution in [3.63, 3.8) is 0 Å². The number of esters is 1. The molecule has 0 aliphatic carbocycles. The number of aryl methyl sites for hydroxylation is 2. The van der Waals surface area contributed by atoms with Crippen LogP contribution in [0.15, 0.2) is 39.4 Å². The van der Waals surface area contributed by atoms with Gasteiger partial charge in [0.2, 0.25) is 5.78 Å². The number of carbonyl (C=O) groups excluding carboxylic acids is 2. The average molecular weight is 405 g/mol. The van der Waals surface area contributed by atoms with E-state index in [9.17, 15) is 9.59 Å². The van der Waals surface area contributed by atoms with E-state index < -0.39 is 18.4 Å². The molecule has 1 aromatic carbocycles. The number of Topliss-reactive ketones (excluding diaryl/α,β-unsaturated/α-hetero) is 1. The molecule has 0 unspecified atom stereocenters. The van der Waals surface area contributed by atoms with Crippen LogP contribution in [0.1, 0.15) is 32.6 Å². The van der Waals surface area contributed by atoms with E-state index in [1.807, 2.05) is 12.1 Å². The highest BCUT2D eigenvalue weighted by molar-refractivity contribution is 9.10. The second-order valence-corrected chi connectivity index (χ2v) is 6.06. The van der Waals surface area contributed by atoms with Gasteiger partial charge in [0, 0.05) is 11.4 Å². The lowest BCUT2D eigenvalue weighted by molar-refractivity contribution is 0.0461. The van der Waals surface area contributed by atoms with Crippen LogP contribution < -0.4 is 0 Å². The minimum atomic E-state index is -0.747. The van der Waals surface area contributed by atoms with Gasteiger partial charge in [-0.15, -0.1) is 5.10 Å². The fourth-order valence-corrected chi connectivity index (χ4v) is 2.53. The SMILES string of the molecule is Cc1nc(C)c(C(=O)COC(=O)c2cnn(-c3cccc(Br)c3)n2)o1. The number of ketones is 1. The van der Waals surface area contributed by atoms with Gasteiger partial charge in [-0.2, -0.15) is 9.90 Å². The van der Waals surface area contributed by atoms with Gasteiger partial charge in [-0.25, -0.2) is 9.78 Å². The molecule has 0 atom stereocenters. The zero-order valence-corrected chi connectivity index (χ0v) is 15.0. The highest BCUT2D eigenvalue weighted by Gasteiger charge is 2.20. The van der Waals surface area contributed by atoms with Gasteiger partial charge in [0.05, 0.1) is 17.6 Å². The van der Waals surface area contributed by atoms with Crippen molar-refractivity contribution < 1.29 is 18.7 Å². The molecule has 128 valence electrons. The van der Waals surface area contributed by atoms with Crippen LogP contribution >= 0.6 is 15.9 Å². The molecule has 3 rings (SSSR count). The summed E-state index contributed by atoms with van der Waals surface area (Å²) in [6, 6.07) is 7.27. The monoisotopic (exact) mass is 404 g/mol. The molecule has 0 bridgehead atoms. The number of halogens is 1. The molecule has 8 nitrogen and oxygen atoms in total. The summed E-state index contributed by atoms with van der Waals surface area (Å²) in [6.07, 6.45) is 1.28. The van der Waals surface area contributed by atoms with Gasteiger partial charge in [0.15, 0.2) is 24.0 Å². The van der Waals surface area contributed by atoms with Gasteiger partial charge in [-0.1, -0.05) is 22.0 Å². The van der Waals surface area contributed by atoms with Crippen LogP contribution in [0, 0.1) is 13.8 Å². The number of aromatic nitrogens is 4. The summed E-state index contributed by atoms with van der Waals surface area (Å²) in [6.45, 7) is 2.82. The highest BCUT2D eigenvalue weighted by Crippen LogP contribution is 2.14. The predicted octanol–water partition coefficient (Wildman–Crippen LogP) is 2.67. The first-order valence-electron chi connectivity index (χ1n) is 7.26. The quantitative estimate of drug-likeness (QED) is 0.475. The second kappa shape index (κ2) is 6.98. The number of nitrogens with zero attached hydrogens (tertiary/aromatic N) is 4. The Hall–Kier alpha value is -2.81. The Morgan fingerprint density at radius 2 is 2.12 bits per heavy atom. The molecule has 0 saturated carbocycles. The fraction of sp³-hybridized carbons (Fsp3) is 0.188. The molecule has 2 heterocycles. The molecule has 0 N–H and O–H groups in total. The lowest BCUT2D eigenvalue weighted by atomic mass is 10.3. The van der Waals surface area contributed by atoms with Crippen LogP contribution in [-0.2, 0) is 4.74 Å². The van der Waals surface area contributed by atoms with Crippen LogP contribution in [0.5, 0.6) is 0 Å². The number of oxazole rings is 1. The molecule has 25 heavy (non-hydrogen) atoms. The molecule has 0 radical (unpaired) electrons. The predicted molar refractivity (Wildman–Crippen MR) is 89.6 cm³/mol. The average Bonchev–Trinajstić information content (AvgIpc) is 3.19. The number of hydrogen-bond acceptors (Lipinski definition) is 7. The van der Waals surface area contributed by atoms with Crippen molar-refractivity contribution in [1.82, 2.24) is 20.0 Å². The van der Waals surface area contributed by atoms with E-state index in [0.29, 0.717) is 17.3 Å². The zero-order chi connectivity index (χ0) is 18.0. The summed E-state index contributed by atoms with van der Waals surface area (Å²) in [5.41, 5.74) is 1.13. The van der Waals surface area contributed by atoms with Gasteiger partial charge in [-0.05, 0) is 25.1 Å². The van der Waals surface area contributed by atoms with Crippen molar-refractivity contribution in [3.05, 3.63) is 58.0 Å². The zero-order valence-electron chi connectivity index (χ0n) is 13.4. The van der Waals surface area contributed by atoms with Crippen molar-refractivity contribution >= 4 is 27.7 Å². The van der Waals surface area contributed by atoms with Crippen LogP contribution in [0.2, 0.25) is 0 Å². The van der Waals surface area contributed by atoms with E-state index in [4.69, 9.17) is 9.15 Å². The fourth-order valence-electron chi connectivity index (χ4n) is 2.14. The Bertz CT molecular complexity index is 947. The minimum Gasteiger partial charge on any atom is -0.452 e. The summed E-state index contributed by atoms with van der Waals surface area (Å²) in [5.74, 6) is -0.749. The first kappa shape index (κ1) is 17.0. The normalized spacial score (nSPS) is 10.7. The number of carbonyl (C=O) groups is 2. The molecule has 2 aromatic heterocycles. The first-order valence-corrected chi connectivity index (χ1v) is 8.06. The van der Waals surface area contributed by atoms with E-state index in [1.165, 1.54) is 11.0 Å². The van der Waals surface area contributed by atoms with Crippen molar-refractivity contribution in [2.24, 2.45) is 0 Å². The van der Waals surface area contributed by atoms with Crippen LogP contribution in [0.3, 0.4) is 0 Å². The molecule has 0 fully saturated rings. The Morgan fingerprint density at radius 1 is 1.32 bits per heavy atom. The Labute approximate surface area is 150 Å². The summed E-state index contributed by atoms with van der Waals surface area (Å²) < 4.78 is 11.0. The maximum absolute atomic E-state index is 12.0. The van der Waals surface area contributed by atoms with Crippen molar-refractivity contribution in [3.8, 4) is 5.69 Å². The second-order valence-electron chi connectivity index (χ2n) is 5.15. The topological polar surface area (TPSA) is 100 Å². The minimum absolute atomic E-state index is 0.00162. The van der Waals surface area contributed by atoms with E-state index in [-0.39, 0.29) is 11.5 Å². The summed E-state index contributed by atoms with van der Waals surface area (Å²) >= 11 is 3.35. The lowest BCUT2D eigenvalue weighted by Crippen LogP contribution is -2.15. The largest absolute Gasteiger partial charge is 0.452 e. The summed E-state index contributed by atoms with van der Waals surface area (Å²) in [4.78, 5) is 29.4. The van der Waals surface area contributed by atoms with Crippen LogP contribution in [0.25, 0.3) is 5.69 Å². The van der Waals surface area contributed by atoms with Crippen molar-refractivity contribution in [2.75, 3.05) is 6.61 Å². The summed E-state index contributed by atoms with van der Waals surface area (Å²) in [5, 5.41) is 8.08. The maximum Gasteiger partial charge on any atom is 0.361 e. The van der Waals surface area contributed by atoms with Crippen LogP contribution in [0.4, 0.5) is 0 Å². The van der Waals surface area contributed by atoms with Crippen LogP contribution in [-0.4, -0.2) is 38.3 Å². The molecule has 0 amide bonds. The number of benzene rings is 1. The first-order chi connectivity index (χ1) is 11.9. The van der Waals surface area contributed by atoms with Gasteiger partial charge in [0.1, 0.15) is 0 Å². The third-order valence-corrected chi connectivity index (χ3v) is 3.72. The van der Waals surface area contributed by atoms with E-state index in [2.05, 4.69) is 31.1 Å². The smallest absolute Gasteiger partial charge is 0.361 e. The Kier molecular flexibility index (Phi) is 4.75. The van der Waals surface area contributed by atoms with Crippen molar-refractivity contribution in [2.45, 2.75) is 13.8 Å². The standard InChI is InChI=1S/C16H13BrN4O4/c1-9-15(25-10(2)19-9)14(22)8-24-16(23)13-7-18-21(20-13)12-5-3-4-11(17)6-12/h3-7H,8H2,1-2H3. The van der Waals surface area contributed by atoms with E-state index in [1.54, 1.807) is 26.0 Å². The molecular formula is C16H13BrN4O4. The van der Waals surface area contributed by atoms with Gasteiger partial charge < -0.3 is 9.15 Å². The van der Waals surface area contributed by atoms with Gasteiger partial charge in [0.25, 0.3) is 0 Å². The van der Waals surface area contributed by atoms with Crippen molar-refractivity contribution in [1.29, 1.82) is 0 Å². The molecule has 3 aromatic rings. The van der Waals surface area contributed by atoms with E-state index in [0.717, 1.165) is 4.47 Å². The van der Waals surface area contributed by atoms with Gasteiger partial charge in [-0.3, -0.25) is 4.79 Å². The number of hydrogen-bond donors (Lipinski definition) is 0. The molecule has 0 aliphatic rings. The van der Waals surface area contributed by atoms with Gasteiger partial charge >= 0.3 is 5.97 Å². The number of rotatable bonds is 5. The summed E-state index contributed by atoms with van der Waals surface area (Å²) in [7, 11) is 0. The Balaban J connectivity index is 1.66. The molecule has 0 saturated heterocycles. The molecular weight excluding hydrogens is 392 g/mol. The number of ether oxygens (including phenoxy) is 1. The third kappa shape index (κ3) is 3.82. The molecule has 0 aliphatic heterocycles. The van der Waals surface area contributed by atoms with E-state index >= 15 is 0 Å². The molecule has 0 spiro atoms. The highest BCUT2D eigenvalue weighted by atomic mass is 79.9. The maximum atomic E-state index is 12.0. The molecule has 9 heteroatoms. The Morgan fingerprint density at radius 3 is 2.80 bits per heavy atom. The third-order valence-electron chi connectivity index (χ3n) is 3.23.